The van der Waals surface area contributed by atoms with Crippen LogP contribution in [0.15, 0.2) is 64.6 Å². The smallest absolute Gasteiger partial charge is 0.336 e. The first kappa shape index (κ1) is 22.2. The topological polar surface area (TPSA) is 93.5 Å². The second-order valence-electron chi connectivity index (χ2n) is 6.71. The van der Waals surface area contributed by atoms with Crippen molar-refractivity contribution in [2.75, 3.05) is 21.3 Å². The fourth-order valence-electron chi connectivity index (χ4n) is 3.41. The number of nitriles is 1. The molecular weight excluding hydrogens is 414 g/mol. The predicted octanol–water partition coefficient (Wildman–Crippen LogP) is 3.90. The Morgan fingerprint density at radius 2 is 2.00 bits per heavy atom. The highest BCUT2D eigenvalue weighted by Crippen LogP contribution is 2.43. The molecule has 0 saturated carbocycles. The molecule has 8 heteroatoms. The van der Waals surface area contributed by atoms with E-state index in [0.717, 1.165) is 11.1 Å². The van der Waals surface area contributed by atoms with E-state index in [9.17, 15) is 10.1 Å². The number of pyridine rings is 1. The van der Waals surface area contributed by atoms with Gasteiger partial charge in [-0.15, -0.1) is 11.8 Å². The third-order valence-corrected chi connectivity index (χ3v) is 5.99. The van der Waals surface area contributed by atoms with Gasteiger partial charge < -0.3 is 19.5 Å². The highest BCUT2D eigenvalue weighted by molar-refractivity contribution is 8.02. The second-order valence-corrected chi connectivity index (χ2v) is 7.69. The summed E-state index contributed by atoms with van der Waals surface area (Å²) in [5, 5.41) is 14.0. The molecule has 0 fully saturated rings. The van der Waals surface area contributed by atoms with E-state index in [1.165, 1.54) is 18.9 Å². The van der Waals surface area contributed by atoms with Crippen molar-refractivity contribution in [3.05, 3.63) is 75.7 Å². The van der Waals surface area contributed by atoms with Crippen molar-refractivity contribution in [3.8, 4) is 17.6 Å². The lowest BCUT2D eigenvalue weighted by Gasteiger charge is -2.29. The molecule has 1 aliphatic heterocycles. The zero-order valence-electron chi connectivity index (χ0n) is 17.8. The highest BCUT2D eigenvalue weighted by Gasteiger charge is 2.35. The van der Waals surface area contributed by atoms with Gasteiger partial charge in [-0.05, 0) is 36.2 Å². The SMILES string of the molecule is COC(=O)C1=C(C)NC(SCc2cccnc2)=C(C#N)[C@H]1c1ccc(OC)c(OC)c1. The number of methoxy groups -OCH3 is 3. The molecule has 1 N–H and O–H groups in total. The van der Waals surface area contributed by atoms with Crippen LogP contribution in [0.5, 0.6) is 11.5 Å². The lowest BCUT2D eigenvalue weighted by atomic mass is 9.82. The van der Waals surface area contributed by atoms with E-state index >= 15 is 0 Å². The van der Waals surface area contributed by atoms with Crippen LogP contribution in [0.25, 0.3) is 0 Å². The Hall–Kier alpha value is -3.44. The summed E-state index contributed by atoms with van der Waals surface area (Å²) in [7, 11) is 4.43. The van der Waals surface area contributed by atoms with Gasteiger partial charge >= 0.3 is 5.97 Å². The molecular formula is C23H23N3O4S. The molecule has 7 nitrogen and oxygen atoms in total. The predicted molar refractivity (Wildman–Crippen MR) is 118 cm³/mol. The van der Waals surface area contributed by atoms with Crippen molar-refractivity contribution < 1.29 is 19.0 Å². The number of aromatic nitrogens is 1. The van der Waals surface area contributed by atoms with Gasteiger partial charge in [-0.1, -0.05) is 12.1 Å². The minimum Gasteiger partial charge on any atom is -0.493 e. The Morgan fingerprint density at radius 1 is 1.23 bits per heavy atom. The van der Waals surface area contributed by atoms with Gasteiger partial charge in [0.15, 0.2) is 11.5 Å². The van der Waals surface area contributed by atoms with Crippen molar-refractivity contribution in [2.45, 2.75) is 18.6 Å². The third kappa shape index (κ3) is 4.67. The zero-order valence-corrected chi connectivity index (χ0v) is 18.6. The van der Waals surface area contributed by atoms with Crippen LogP contribution in [0.1, 0.15) is 24.0 Å². The molecule has 0 saturated heterocycles. The summed E-state index contributed by atoms with van der Waals surface area (Å²) in [4.78, 5) is 16.8. The molecule has 2 heterocycles. The first-order valence-electron chi connectivity index (χ1n) is 9.48. The Morgan fingerprint density at radius 3 is 2.61 bits per heavy atom. The summed E-state index contributed by atoms with van der Waals surface area (Å²) in [6.45, 7) is 1.80. The number of hydrogen-bond donors (Lipinski definition) is 1. The second kappa shape index (κ2) is 10.0. The van der Waals surface area contributed by atoms with Gasteiger partial charge in [-0.2, -0.15) is 5.26 Å². The molecule has 0 unspecified atom stereocenters. The van der Waals surface area contributed by atoms with Crippen LogP contribution in [0.4, 0.5) is 0 Å². The number of hydrogen-bond acceptors (Lipinski definition) is 8. The zero-order chi connectivity index (χ0) is 22.4. The van der Waals surface area contributed by atoms with E-state index in [1.54, 1.807) is 45.7 Å². The molecule has 1 aliphatic rings. The molecule has 0 bridgehead atoms. The number of carbonyl (C=O) groups excluding carboxylic acids is 1. The van der Waals surface area contributed by atoms with Gasteiger partial charge in [0, 0.05) is 23.8 Å². The monoisotopic (exact) mass is 437 g/mol. The summed E-state index contributed by atoms with van der Waals surface area (Å²) in [6.07, 6.45) is 3.51. The third-order valence-electron chi connectivity index (χ3n) is 4.90. The maximum atomic E-state index is 12.7. The van der Waals surface area contributed by atoms with Crippen molar-refractivity contribution in [1.29, 1.82) is 5.26 Å². The largest absolute Gasteiger partial charge is 0.493 e. The molecule has 0 amide bonds. The molecule has 0 spiro atoms. The molecule has 0 radical (unpaired) electrons. The molecule has 1 aromatic heterocycles. The number of esters is 1. The van der Waals surface area contributed by atoms with Crippen molar-refractivity contribution in [2.24, 2.45) is 0 Å². The summed E-state index contributed by atoms with van der Waals surface area (Å²) in [6, 6.07) is 11.5. The molecule has 160 valence electrons. The van der Waals surface area contributed by atoms with Crippen LogP contribution in [0.2, 0.25) is 0 Å². The number of rotatable bonds is 7. The molecule has 1 atom stereocenters. The Kier molecular flexibility index (Phi) is 7.21. The number of thioether (sulfide) groups is 1. The van der Waals surface area contributed by atoms with Gasteiger partial charge in [0.1, 0.15) is 0 Å². The van der Waals surface area contributed by atoms with E-state index in [-0.39, 0.29) is 0 Å². The van der Waals surface area contributed by atoms with E-state index in [1.807, 2.05) is 18.2 Å². The van der Waals surface area contributed by atoms with Crippen LogP contribution in [0, 0.1) is 11.3 Å². The average Bonchev–Trinajstić information content (AvgIpc) is 2.81. The molecule has 3 rings (SSSR count). The molecule has 2 aromatic rings. The summed E-state index contributed by atoms with van der Waals surface area (Å²) >= 11 is 1.49. The Balaban J connectivity index is 2.08. The van der Waals surface area contributed by atoms with Crippen molar-refractivity contribution in [3.63, 3.8) is 0 Å². The number of benzene rings is 1. The highest BCUT2D eigenvalue weighted by atomic mass is 32.2. The summed E-state index contributed by atoms with van der Waals surface area (Å²) in [5.41, 5.74) is 3.22. The number of ether oxygens (including phenoxy) is 3. The molecule has 1 aromatic carbocycles. The summed E-state index contributed by atoms with van der Waals surface area (Å²) in [5.74, 6) is 0.612. The minimum absolute atomic E-state index is 0.386. The lowest BCUT2D eigenvalue weighted by Crippen LogP contribution is -2.28. The molecule has 31 heavy (non-hydrogen) atoms. The number of dihydropyridines is 1. The fraction of sp³-hybridized carbons (Fsp3) is 0.261. The van der Waals surface area contributed by atoms with Gasteiger partial charge in [0.05, 0.1) is 49.5 Å². The van der Waals surface area contributed by atoms with E-state index in [4.69, 9.17) is 14.2 Å². The number of nitrogens with one attached hydrogen (secondary N) is 1. The van der Waals surface area contributed by atoms with E-state index < -0.39 is 11.9 Å². The Bertz CT molecular complexity index is 1070. The van der Waals surface area contributed by atoms with Crippen LogP contribution >= 0.6 is 11.8 Å². The quantitative estimate of drug-likeness (QED) is 0.652. The number of nitrogens with zero attached hydrogens (tertiary/aromatic N) is 2. The van der Waals surface area contributed by atoms with Crippen LogP contribution in [-0.4, -0.2) is 32.3 Å². The molecule has 0 aliphatic carbocycles. The van der Waals surface area contributed by atoms with E-state index in [2.05, 4.69) is 16.4 Å². The van der Waals surface area contributed by atoms with Gasteiger partial charge in [-0.25, -0.2) is 4.79 Å². The lowest BCUT2D eigenvalue weighted by molar-refractivity contribution is -0.136. The van der Waals surface area contributed by atoms with E-state index in [0.29, 0.717) is 39.1 Å². The number of carbonyl (C=O) groups is 1. The van der Waals surface area contributed by atoms with Gasteiger partial charge in [0.2, 0.25) is 0 Å². The average molecular weight is 438 g/mol. The first-order chi connectivity index (χ1) is 15.0. The first-order valence-corrected chi connectivity index (χ1v) is 10.5. The fourth-order valence-corrected chi connectivity index (χ4v) is 4.44. The van der Waals surface area contributed by atoms with Crippen molar-refractivity contribution >= 4 is 17.7 Å². The maximum absolute atomic E-state index is 12.7. The summed E-state index contributed by atoms with van der Waals surface area (Å²) < 4.78 is 15.8. The standard InChI is InChI=1S/C23H23N3O4S/c1-14-20(23(27)30-4)21(16-7-8-18(28-2)19(10-16)29-3)17(11-24)22(26-14)31-13-15-6-5-9-25-12-15/h5-10,12,21,26H,13H2,1-4H3/t21-/m1/s1. The number of allylic oxidation sites excluding steroid dienone is 2. The van der Waals surface area contributed by atoms with Gasteiger partial charge in [-0.3, -0.25) is 4.98 Å². The minimum atomic E-state index is -0.602. The normalized spacial score (nSPS) is 15.8. The van der Waals surface area contributed by atoms with Crippen LogP contribution in [-0.2, 0) is 15.3 Å². The maximum Gasteiger partial charge on any atom is 0.336 e. The van der Waals surface area contributed by atoms with Crippen LogP contribution < -0.4 is 14.8 Å². The van der Waals surface area contributed by atoms with Gasteiger partial charge in [0.25, 0.3) is 0 Å². The Labute approximate surface area is 185 Å². The van der Waals surface area contributed by atoms with Crippen molar-refractivity contribution in [1.82, 2.24) is 10.3 Å². The van der Waals surface area contributed by atoms with Crippen LogP contribution in [0.3, 0.4) is 0 Å².